The molecule has 2 N–H and O–H groups in total. The van der Waals surface area contributed by atoms with Crippen molar-refractivity contribution >= 4 is 22.6 Å². The number of carbonyl (C=O) groups is 1. The molecule has 0 radical (unpaired) electrons. The largest absolute Gasteiger partial charge is 0.436 e. The molecule has 0 bridgehead atoms. The van der Waals surface area contributed by atoms with E-state index in [4.69, 9.17) is 4.74 Å². The summed E-state index contributed by atoms with van der Waals surface area (Å²) in [6.45, 7) is 1.99. The van der Waals surface area contributed by atoms with Crippen molar-refractivity contribution in [3.05, 3.63) is 77.6 Å². The van der Waals surface area contributed by atoms with Crippen LogP contribution in [0.1, 0.15) is 17.1 Å². The summed E-state index contributed by atoms with van der Waals surface area (Å²) >= 11 is 0. The van der Waals surface area contributed by atoms with E-state index in [-0.39, 0.29) is 28.2 Å². The number of hydrogen-bond acceptors (Lipinski definition) is 5. The number of hydrogen-bond donors (Lipinski definition) is 2. The molecule has 176 valence electrons. The molecule has 2 aromatic heterocycles. The number of benzene rings is 2. The number of rotatable bonds is 5. The van der Waals surface area contributed by atoms with E-state index >= 15 is 4.39 Å². The van der Waals surface area contributed by atoms with Gasteiger partial charge in [0.2, 0.25) is 5.88 Å². The minimum atomic E-state index is -4.55. The van der Waals surface area contributed by atoms with E-state index in [1.807, 2.05) is 0 Å². The van der Waals surface area contributed by atoms with Crippen molar-refractivity contribution < 1.29 is 27.1 Å². The highest BCUT2D eigenvalue weighted by molar-refractivity contribution is 6.00. The Kier molecular flexibility index (Phi) is 6.20. The lowest BCUT2D eigenvalue weighted by molar-refractivity contribution is -0.137. The number of alkyl halides is 3. The van der Waals surface area contributed by atoms with Crippen molar-refractivity contribution in [2.75, 3.05) is 12.4 Å². The number of anilines is 1. The number of carbonyl (C=O) groups excluding carboxylic acids is 1. The summed E-state index contributed by atoms with van der Waals surface area (Å²) in [5.74, 6) is -0.191. The topological polar surface area (TPSA) is 81.1 Å². The van der Waals surface area contributed by atoms with Crippen LogP contribution in [-0.4, -0.2) is 27.6 Å². The van der Waals surface area contributed by atoms with E-state index in [1.54, 1.807) is 14.0 Å². The first-order chi connectivity index (χ1) is 16.2. The second-order valence-electron chi connectivity index (χ2n) is 7.38. The molecule has 2 heterocycles. The Hall–Kier alpha value is -3.99. The molecule has 0 aliphatic heterocycles. The summed E-state index contributed by atoms with van der Waals surface area (Å²) in [6.07, 6.45) is -3.06. The maximum absolute atomic E-state index is 15.2. The zero-order chi connectivity index (χ0) is 24.5. The fraction of sp³-hybridized carbons (Fsp3) is 0.174. The van der Waals surface area contributed by atoms with Gasteiger partial charge in [-0.15, -0.1) is 0 Å². The minimum Gasteiger partial charge on any atom is -0.436 e. The Morgan fingerprint density at radius 1 is 1.15 bits per heavy atom. The first kappa shape index (κ1) is 23.2. The van der Waals surface area contributed by atoms with E-state index in [2.05, 4.69) is 20.6 Å². The quantitative estimate of drug-likeness (QED) is 0.375. The molecule has 0 aliphatic rings. The summed E-state index contributed by atoms with van der Waals surface area (Å²) in [5, 5.41) is 5.45. The fourth-order valence-electron chi connectivity index (χ4n) is 3.45. The number of fused-ring (bicyclic) bond motifs is 1. The molecule has 0 aliphatic carbocycles. The molecule has 7 nitrogen and oxygen atoms in total. The van der Waals surface area contributed by atoms with Gasteiger partial charge in [-0.05, 0) is 50.4 Å². The molecular formula is C23H19F4N5O2. The summed E-state index contributed by atoms with van der Waals surface area (Å²) < 4.78 is 60.9. The highest BCUT2D eigenvalue weighted by Crippen LogP contribution is 2.33. The van der Waals surface area contributed by atoms with Crippen LogP contribution in [0, 0.1) is 12.7 Å². The standard InChI is InChI=1S/C23H19F4N5O2/c1-13-10-16-17(32(13)22(33)30-15-5-3-4-14(11-15)23(25,26)27)6-7-18(21(16)24)34-20-8-9-29-19(31-20)12-28-2/h3-11,28H,12H2,1-2H3,(H,30,33). The Bertz CT molecular complexity index is 1370. The summed E-state index contributed by atoms with van der Waals surface area (Å²) in [5.41, 5.74) is -0.322. The van der Waals surface area contributed by atoms with Crippen LogP contribution in [0.2, 0.25) is 0 Å². The van der Waals surface area contributed by atoms with Gasteiger partial charge in [0, 0.05) is 29.0 Å². The second-order valence-corrected chi connectivity index (χ2v) is 7.38. The molecule has 0 unspecified atom stereocenters. The van der Waals surface area contributed by atoms with Crippen LogP contribution in [0.15, 0.2) is 54.7 Å². The Morgan fingerprint density at radius 2 is 1.94 bits per heavy atom. The van der Waals surface area contributed by atoms with Gasteiger partial charge in [0.1, 0.15) is 5.82 Å². The van der Waals surface area contributed by atoms with Crippen LogP contribution >= 0.6 is 0 Å². The monoisotopic (exact) mass is 473 g/mol. The summed E-state index contributed by atoms with van der Waals surface area (Å²) in [7, 11) is 1.74. The first-order valence-electron chi connectivity index (χ1n) is 10.1. The van der Waals surface area contributed by atoms with Crippen molar-refractivity contribution in [1.82, 2.24) is 19.9 Å². The molecule has 4 aromatic rings. The predicted octanol–water partition coefficient (Wildman–Crippen LogP) is 5.49. The van der Waals surface area contributed by atoms with Gasteiger partial charge >= 0.3 is 12.2 Å². The number of aryl methyl sites for hydroxylation is 1. The molecule has 1 amide bonds. The van der Waals surface area contributed by atoms with E-state index in [0.717, 1.165) is 12.1 Å². The van der Waals surface area contributed by atoms with Gasteiger partial charge in [-0.25, -0.2) is 14.2 Å². The highest BCUT2D eigenvalue weighted by Gasteiger charge is 2.30. The third kappa shape index (κ3) is 4.69. The van der Waals surface area contributed by atoms with Crippen molar-refractivity contribution in [3.8, 4) is 11.6 Å². The average Bonchev–Trinajstić information content (AvgIpc) is 3.13. The molecular weight excluding hydrogens is 454 g/mol. The SMILES string of the molecule is CNCc1nccc(Oc2ccc3c(cc(C)n3C(=O)Nc3cccc(C(F)(F)F)c3)c2F)n1. The zero-order valence-electron chi connectivity index (χ0n) is 18.1. The Morgan fingerprint density at radius 3 is 2.68 bits per heavy atom. The first-order valence-corrected chi connectivity index (χ1v) is 10.1. The van der Waals surface area contributed by atoms with Gasteiger partial charge in [0.05, 0.1) is 17.6 Å². The maximum atomic E-state index is 15.2. The fourth-order valence-corrected chi connectivity index (χ4v) is 3.45. The third-order valence-electron chi connectivity index (χ3n) is 4.94. The van der Waals surface area contributed by atoms with Crippen LogP contribution in [0.25, 0.3) is 10.9 Å². The maximum Gasteiger partial charge on any atom is 0.416 e. The molecule has 0 fully saturated rings. The number of nitrogens with zero attached hydrogens (tertiary/aromatic N) is 3. The minimum absolute atomic E-state index is 0.0392. The van der Waals surface area contributed by atoms with Crippen LogP contribution in [0.5, 0.6) is 11.6 Å². The van der Waals surface area contributed by atoms with Crippen molar-refractivity contribution in [1.29, 1.82) is 0 Å². The van der Waals surface area contributed by atoms with E-state index < -0.39 is 23.6 Å². The molecule has 2 aromatic carbocycles. The molecule has 4 rings (SSSR count). The highest BCUT2D eigenvalue weighted by atomic mass is 19.4. The van der Waals surface area contributed by atoms with E-state index in [0.29, 0.717) is 18.1 Å². The number of nitrogens with one attached hydrogen (secondary N) is 2. The zero-order valence-corrected chi connectivity index (χ0v) is 18.1. The van der Waals surface area contributed by atoms with Gasteiger partial charge < -0.3 is 15.4 Å². The molecule has 11 heteroatoms. The van der Waals surface area contributed by atoms with E-state index in [9.17, 15) is 18.0 Å². The second kappa shape index (κ2) is 9.10. The molecule has 34 heavy (non-hydrogen) atoms. The number of amides is 1. The van der Waals surface area contributed by atoms with Crippen LogP contribution in [-0.2, 0) is 12.7 Å². The Balaban J connectivity index is 1.63. The molecule has 0 saturated carbocycles. The van der Waals surface area contributed by atoms with Gasteiger partial charge in [-0.1, -0.05) is 6.07 Å². The van der Waals surface area contributed by atoms with Crippen molar-refractivity contribution in [2.45, 2.75) is 19.6 Å². The van der Waals surface area contributed by atoms with Crippen LogP contribution in [0.4, 0.5) is 28.0 Å². The van der Waals surface area contributed by atoms with Crippen molar-refractivity contribution in [2.24, 2.45) is 0 Å². The van der Waals surface area contributed by atoms with Crippen molar-refractivity contribution in [3.63, 3.8) is 0 Å². The van der Waals surface area contributed by atoms with Gasteiger partial charge in [0.25, 0.3) is 0 Å². The predicted molar refractivity (Wildman–Crippen MR) is 117 cm³/mol. The lowest BCUT2D eigenvalue weighted by atomic mass is 10.2. The molecule has 0 spiro atoms. The lowest BCUT2D eigenvalue weighted by Gasteiger charge is -2.12. The third-order valence-corrected chi connectivity index (χ3v) is 4.94. The summed E-state index contributed by atoms with van der Waals surface area (Å²) in [4.78, 5) is 21.1. The summed E-state index contributed by atoms with van der Waals surface area (Å²) in [6, 6.07) is 9.32. The number of ether oxygens (including phenoxy) is 1. The van der Waals surface area contributed by atoms with Gasteiger partial charge in [0.15, 0.2) is 11.6 Å². The average molecular weight is 473 g/mol. The number of halogens is 4. The van der Waals surface area contributed by atoms with Gasteiger partial charge in [-0.3, -0.25) is 4.57 Å². The molecule has 0 saturated heterocycles. The van der Waals surface area contributed by atoms with Crippen LogP contribution in [0.3, 0.4) is 0 Å². The van der Waals surface area contributed by atoms with Crippen LogP contribution < -0.4 is 15.4 Å². The smallest absolute Gasteiger partial charge is 0.416 e. The molecule has 0 atom stereocenters. The lowest BCUT2D eigenvalue weighted by Crippen LogP contribution is -2.20. The normalized spacial score (nSPS) is 11.6. The Labute approximate surface area is 191 Å². The van der Waals surface area contributed by atoms with Gasteiger partial charge in [-0.2, -0.15) is 18.2 Å². The number of aromatic nitrogens is 3. The van der Waals surface area contributed by atoms with E-state index in [1.165, 1.54) is 47.2 Å².